The first kappa shape index (κ1) is 35.9. The van der Waals surface area contributed by atoms with E-state index in [9.17, 15) is 14.4 Å². The summed E-state index contributed by atoms with van der Waals surface area (Å²) < 4.78 is 11.5. The molecule has 0 saturated heterocycles. The molecule has 52 heavy (non-hydrogen) atoms. The van der Waals surface area contributed by atoms with Crippen molar-refractivity contribution in [3.63, 3.8) is 0 Å². The first-order chi connectivity index (χ1) is 25.5. The molecular weight excluding hydrogens is 654 g/mol. The van der Waals surface area contributed by atoms with Gasteiger partial charge in [0.15, 0.2) is 0 Å². The molecule has 1 fully saturated rings. The highest BCUT2D eigenvalue weighted by molar-refractivity contribution is 5.89. The number of nitrogens with one attached hydrogen (secondary N) is 3. The molecule has 3 N–H and O–H groups in total. The number of alkyl carbamates (subject to hydrolysis) is 1. The van der Waals surface area contributed by atoms with Crippen LogP contribution in [0.2, 0.25) is 0 Å². The number of benzene rings is 4. The third-order valence-electron chi connectivity index (χ3n) is 9.54. The van der Waals surface area contributed by atoms with Crippen molar-refractivity contribution >= 4 is 17.9 Å². The Bertz CT molecular complexity index is 1850. The van der Waals surface area contributed by atoms with E-state index in [4.69, 9.17) is 9.47 Å². The first-order valence-corrected chi connectivity index (χ1v) is 17.8. The molecule has 10 heteroatoms. The molecule has 1 unspecified atom stereocenters. The van der Waals surface area contributed by atoms with E-state index in [1.165, 1.54) is 16.8 Å². The molecule has 0 aliphatic heterocycles. The highest BCUT2D eigenvalue weighted by atomic mass is 16.5. The number of hydrogen-bond donors (Lipinski definition) is 3. The zero-order chi connectivity index (χ0) is 36.0. The summed E-state index contributed by atoms with van der Waals surface area (Å²) in [5.74, 6) is -0.0132. The molecule has 1 aromatic heterocycles. The van der Waals surface area contributed by atoms with Crippen molar-refractivity contribution in [3.8, 4) is 5.75 Å². The second-order valence-electron chi connectivity index (χ2n) is 13.3. The van der Waals surface area contributed by atoms with Crippen LogP contribution in [0.1, 0.15) is 53.6 Å². The molecule has 1 saturated carbocycles. The lowest BCUT2D eigenvalue weighted by Crippen LogP contribution is -2.52. The van der Waals surface area contributed by atoms with Crippen LogP contribution in [0.5, 0.6) is 5.75 Å². The summed E-state index contributed by atoms with van der Waals surface area (Å²) in [4.78, 5) is 49.8. The molecule has 1 atom stereocenters. The molecule has 268 valence electrons. The number of carbonyl (C=O) groups is 3. The van der Waals surface area contributed by atoms with Crippen molar-refractivity contribution in [3.05, 3.63) is 156 Å². The van der Waals surface area contributed by atoms with Gasteiger partial charge in [0.05, 0.1) is 12.9 Å². The van der Waals surface area contributed by atoms with E-state index in [1.54, 1.807) is 6.20 Å². The quantitative estimate of drug-likeness (QED) is 0.108. The van der Waals surface area contributed by atoms with Crippen molar-refractivity contribution in [2.75, 3.05) is 13.1 Å². The van der Waals surface area contributed by atoms with Gasteiger partial charge >= 0.3 is 6.09 Å². The van der Waals surface area contributed by atoms with Crippen LogP contribution < -0.4 is 15.4 Å². The lowest BCUT2D eigenvalue weighted by molar-refractivity contribution is -0.138. The average molecular weight is 700 g/mol. The summed E-state index contributed by atoms with van der Waals surface area (Å²) in [7, 11) is 0. The number of rotatable bonds is 16. The molecule has 3 amide bonds. The Kier molecular flexibility index (Phi) is 12.3. The predicted octanol–water partition coefficient (Wildman–Crippen LogP) is 6.48. The Balaban J connectivity index is 1.18. The van der Waals surface area contributed by atoms with Crippen molar-refractivity contribution in [2.24, 2.45) is 0 Å². The Labute approximate surface area is 304 Å². The minimum Gasteiger partial charge on any atom is -0.489 e. The fourth-order valence-corrected chi connectivity index (χ4v) is 6.72. The molecular formula is C42H45N5O5. The summed E-state index contributed by atoms with van der Waals surface area (Å²) in [6.07, 6.45) is 6.68. The topological polar surface area (TPSA) is 126 Å². The zero-order valence-electron chi connectivity index (χ0n) is 29.2. The normalized spacial score (nSPS) is 13.8. The maximum absolute atomic E-state index is 14.4. The van der Waals surface area contributed by atoms with Crippen LogP contribution in [0.15, 0.2) is 128 Å². The molecule has 1 aliphatic carbocycles. The number of amides is 3. The summed E-state index contributed by atoms with van der Waals surface area (Å²) in [6, 6.07) is 36.0. The number of ether oxygens (including phenoxy) is 2. The molecule has 1 heterocycles. The van der Waals surface area contributed by atoms with Crippen LogP contribution in [0.3, 0.4) is 0 Å². The van der Waals surface area contributed by atoms with Gasteiger partial charge in [0.25, 0.3) is 0 Å². The van der Waals surface area contributed by atoms with Gasteiger partial charge in [-0.1, -0.05) is 116 Å². The SMILES string of the molecule is O=C(CN(Cc1ccc(OCc2ccccc2)cc1)C(=O)C(Cc1cnc[nH]1)NC(=O)OCc1ccccc1)NCC1(c2ccccc2)CCCC1. The second-order valence-corrected chi connectivity index (χ2v) is 13.3. The fraction of sp³-hybridized carbons (Fsp3) is 0.286. The molecule has 1 aliphatic rings. The molecule has 6 rings (SSSR count). The third-order valence-corrected chi connectivity index (χ3v) is 9.54. The molecule has 0 bridgehead atoms. The Morgan fingerprint density at radius 2 is 1.42 bits per heavy atom. The summed E-state index contributed by atoms with van der Waals surface area (Å²) in [5.41, 5.74) is 4.40. The smallest absolute Gasteiger partial charge is 0.408 e. The number of aromatic amines is 1. The van der Waals surface area contributed by atoms with Crippen LogP contribution in [-0.4, -0.2) is 51.9 Å². The van der Waals surface area contributed by atoms with Crippen molar-refractivity contribution in [1.29, 1.82) is 0 Å². The number of hydrogen-bond acceptors (Lipinski definition) is 6. The summed E-state index contributed by atoms with van der Waals surface area (Å²) in [5, 5.41) is 5.92. The summed E-state index contributed by atoms with van der Waals surface area (Å²) >= 11 is 0. The van der Waals surface area contributed by atoms with Gasteiger partial charge in [-0.3, -0.25) is 9.59 Å². The van der Waals surface area contributed by atoms with E-state index in [0.717, 1.165) is 42.4 Å². The molecule has 10 nitrogen and oxygen atoms in total. The van der Waals surface area contributed by atoms with E-state index in [0.29, 0.717) is 24.6 Å². The van der Waals surface area contributed by atoms with Gasteiger partial charge in [-0.15, -0.1) is 0 Å². The monoisotopic (exact) mass is 699 g/mol. The number of imidazole rings is 1. The number of H-pyrrole nitrogens is 1. The largest absolute Gasteiger partial charge is 0.489 e. The van der Waals surface area contributed by atoms with Crippen molar-refractivity contribution in [1.82, 2.24) is 25.5 Å². The minimum atomic E-state index is -1.03. The standard InChI is InChI=1S/C42H45N5O5/c48-39(44-30-42(22-10-11-23-42)35-16-8-3-9-17-35)27-47(26-32-18-20-37(21-19-32)51-28-33-12-4-1-5-13-33)40(49)38(24-36-25-43-31-45-36)46-41(50)52-29-34-14-6-2-7-15-34/h1-9,12-21,25,31,38H,10-11,22-24,26-30H2,(H,43,45)(H,44,48)(H,46,50). The molecule has 4 aromatic carbocycles. The fourth-order valence-electron chi connectivity index (χ4n) is 6.72. The van der Waals surface area contributed by atoms with E-state index < -0.39 is 18.0 Å². The van der Waals surface area contributed by atoms with Gasteiger partial charge in [0, 0.05) is 36.8 Å². The van der Waals surface area contributed by atoms with Crippen LogP contribution in [0, 0.1) is 0 Å². The van der Waals surface area contributed by atoms with Crippen LogP contribution in [0.4, 0.5) is 4.79 Å². The van der Waals surface area contributed by atoms with Gasteiger partial charge in [0.2, 0.25) is 11.8 Å². The maximum Gasteiger partial charge on any atom is 0.408 e. The van der Waals surface area contributed by atoms with Crippen molar-refractivity contribution < 1.29 is 23.9 Å². The van der Waals surface area contributed by atoms with Gasteiger partial charge in [0.1, 0.15) is 25.0 Å². The maximum atomic E-state index is 14.4. The van der Waals surface area contributed by atoms with E-state index in [1.807, 2.05) is 103 Å². The lowest BCUT2D eigenvalue weighted by atomic mass is 9.79. The van der Waals surface area contributed by atoms with Gasteiger partial charge < -0.3 is 30.0 Å². The average Bonchev–Trinajstić information content (AvgIpc) is 3.90. The molecule has 5 aromatic rings. The lowest BCUT2D eigenvalue weighted by Gasteiger charge is -2.31. The number of aromatic nitrogens is 2. The Hall–Kier alpha value is -5.90. The van der Waals surface area contributed by atoms with E-state index in [-0.39, 0.29) is 37.4 Å². The van der Waals surface area contributed by atoms with E-state index in [2.05, 4.69) is 32.7 Å². The number of carbonyl (C=O) groups excluding carboxylic acids is 3. The van der Waals surface area contributed by atoms with Gasteiger partial charge in [-0.2, -0.15) is 0 Å². The van der Waals surface area contributed by atoms with Crippen LogP contribution in [-0.2, 0) is 45.9 Å². The highest BCUT2D eigenvalue weighted by Gasteiger charge is 2.36. The van der Waals surface area contributed by atoms with E-state index >= 15 is 0 Å². The van der Waals surface area contributed by atoms with Crippen LogP contribution in [0.25, 0.3) is 0 Å². The van der Waals surface area contributed by atoms with Gasteiger partial charge in [-0.05, 0) is 47.2 Å². The first-order valence-electron chi connectivity index (χ1n) is 17.8. The predicted molar refractivity (Wildman–Crippen MR) is 198 cm³/mol. The van der Waals surface area contributed by atoms with Gasteiger partial charge in [-0.25, -0.2) is 9.78 Å². The van der Waals surface area contributed by atoms with Crippen LogP contribution >= 0.6 is 0 Å². The molecule has 0 radical (unpaired) electrons. The number of nitrogens with zero attached hydrogens (tertiary/aromatic N) is 2. The second kappa shape index (κ2) is 17.8. The summed E-state index contributed by atoms with van der Waals surface area (Å²) in [6.45, 7) is 0.890. The molecule has 0 spiro atoms. The minimum absolute atomic E-state index is 0.0472. The van der Waals surface area contributed by atoms with Crippen molar-refractivity contribution in [2.45, 2.75) is 63.3 Å². The highest BCUT2D eigenvalue weighted by Crippen LogP contribution is 2.40. The Morgan fingerprint density at radius 3 is 2.06 bits per heavy atom. The zero-order valence-corrected chi connectivity index (χ0v) is 29.2. The Morgan fingerprint density at radius 1 is 0.788 bits per heavy atom. The third kappa shape index (κ3) is 10.1.